The number of thiocarbonyl (C=S) groups is 1. The minimum Gasteiger partial charge on any atom is -0.356 e. The number of aromatic nitrogens is 2. The van der Waals surface area contributed by atoms with Crippen molar-refractivity contribution < 1.29 is 9.69 Å². The summed E-state index contributed by atoms with van der Waals surface area (Å²) in [4.78, 5) is 26.9. The third kappa shape index (κ3) is 4.95. The molecule has 0 saturated heterocycles. The monoisotopic (exact) mass is 411 g/mol. The van der Waals surface area contributed by atoms with Crippen molar-refractivity contribution in [2.45, 2.75) is 0 Å². The van der Waals surface area contributed by atoms with Gasteiger partial charge in [-0.2, -0.15) is 9.78 Å². The molecule has 2 aromatic carbocycles. The van der Waals surface area contributed by atoms with E-state index in [1.165, 1.54) is 9.58 Å². The first-order valence-electron chi connectivity index (χ1n) is 9.18. The lowest BCUT2D eigenvalue weighted by atomic mass is 10.1. The predicted octanol–water partition coefficient (Wildman–Crippen LogP) is -0.361. The van der Waals surface area contributed by atoms with E-state index in [-0.39, 0.29) is 11.3 Å². The molecule has 8 nitrogen and oxygen atoms in total. The van der Waals surface area contributed by atoms with Crippen molar-refractivity contribution in [3.63, 3.8) is 0 Å². The summed E-state index contributed by atoms with van der Waals surface area (Å²) in [6, 6.07) is 15.9. The second-order valence-corrected chi connectivity index (χ2v) is 7.15. The van der Waals surface area contributed by atoms with Gasteiger partial charge < -0.3 is 10.2 Å². The molecule has 0 atom stereocenters. The van der Waals surface area contributed by atoms with Gasteiger partial charge in [0.05, 0.1) is 38.3 Å². The van der Waals surface area contributed by atoms with Crippen LogP contribution in [0.25, 0.3) is 16.5 Å². The van der Waals surface area contributed by atoms with E-state index in [2.05, 4.69) is 21.3 Å². The molecule has 9 heteroatoms. The van der Waals surface area contributed by atoms with Gasteiger partial charge >= 0.3 is 0 Å². The van der Waals surface area contributed by atoms with Crippen LogP contribution >= 0.6 is 12.2 Å². The van der Waals surface area contributed by atoms with Gasteiger partial charge in [-0.3, -0.25) is 20.4 Å². The number of para-hydroxylation sites is 1. The fourth-order valence-corrected chi connectivity index (χ4v) is 2.90. The Morgan fingerprint density at radius 3 is 2.38 bits per heavy atom. The van der Waals surface area contributed by atoms with E-state index >= 15 is 0 Å². The Balaban J connectivity index is 1.86. The lowest BCUT2D eigenvalue weighted by molar-refractivity contribution is -0.856. The largest absolute Gasteiger partial charge is 0.356 e. The Bertz CT molecular complexity index is 1080. The average molecular weight is 412 g/mol. The summed E-state index contributed by atoms with van der Waals surface area (Å²) < 4.78 is 1.23. The number of quaternary nitrogens is 1. The van der Waals surface area contributed by atoms with Crippen molar-refractivity contribution in [3.05, 3.63) is 70.6 Å². The van der Waals surface area contributed by atoms with Gasteiger partial charge in [0, 0.05) is 5.39 Å². The van der Waals surface area contributed by atoms with Crippen molar-refractivity contribution in [1.82, 2.24) is 25.9 Å². The molecule has 1 heterocycles. The number of carbonyl (C=O) groups is 1. The Morgan fingerprint density at radius 1 is 1.03 bits per heavy atom. The van der Waals surface area contributed by atoms with E-state index in [0.29, 0.717) is 28.1 Å². The highest BCUT2D eigenvalue weighted by atomic mass is 32.1. The fourth-order valence-electron chi connectivity index (χ4n) is 2.74. The summed E-state index contributed by atoms with van der Waals surface area (Å²) in [5.74, 6) is -0.492. The van der Waals surface area contributed by atoms with E-state index in [1.54, 1.807) is 48.5 Å². The number of hydrogen-bond donors (Lipinski definition) is 4. The van der Waals surface area contributed by atoms with Crippen LogP contribution in [-0.2, 0) is 0 Å². The highest BCUT2D eigenvalue weighted by Crippen LogP contribution is 2.15. The maximum absolute atomic E-state index is 12.9. The second-order valence-electron chi connectivity index (χ2n) is 6.74. The normalized spacial score (nSPS) is 10.7. The van der Waals surface area contributed by atoms with Crippen molar-refractivity contribution >= 4 is 34.0 Å². The van der Waals surface area contributed by atoms with E-state index in [4.69, 9.17) is 12.2 Å². The summed E-state index contributed by atoms with van der Waals surface area (Å²) in [6.45, 7) is 1.55. The molecule has 3 aromatic rings. The number of amides is 1. The topological polar surface area (TPSA) is 92.5 Å². The minimum absolute atomic E-state index is 0.122. The summed E-state index contributed by atoms with van der Waals surface area (Å²) in [5.41, 5.74) is 5.63. The number of fused-ring (bicyclic) bond motifs is 1. The third-order valence-corrected chi connectivity index (χ3v) is 4.47. The van der Waals surface area contributed by atoms with Crippen LogP contribution < -0.4 is 26.6 Å². The lowest BCUT2D eigenvalue weighted by Crippen LogP contribution is -3.06. The zero-order valence-corrected chi connectivity index (χ0v) is 17.0. The van der Waals surface area contributed by atoms with E-state index in [0.717, 1.165) is 6.54 Å². The van der Waals surface area contributed by atoms with Crippen molar-refractivity contribution in [2.75, 3.05) is 27.2 Å². The number of nitrogens with zero attached hydrogens (tertiary/aromatic N) is 2. The van der Waals surface area contributed by atoms with Crippen molar-refractivity contribution in [1.29, 1.82) is 0 Å². The zero-order valence-electron chi connectivity index (χ0n) is 16.2. The van der Waals surface area contributed by atoms with Gasteiger partial charge in [0.15, 0.2) is 10.8 Å². The van der Waals surface area contributed by atoms with Crippen LogP contribution in [0.5, 0.6) is 0 Å². The first kappa shape index (κ1) is 20.4. The quantitative estimate of drug-likeness (QED) is 0.339. The van der Waals surface area contributed by atoms with Gasteiger partial charge in [-0.05, 0) is 30.4 Å². The lowest BCUT2D eigenvalue weighted by Gasteiger charge is -2.14. The maximum Gasteiger partial charge on any atom is 0.290 e. The Kier molecular flexibility index (Phi) is 6.53. The SMILES string of the molecule is C[NH+](C)CCNC(=S)NNC(=O)c1nn(-c2ccccc2)c(=O)c2ccccc12. The molecule has 0 aliphatic carbocycles. The standard InChI is InChI=1S/C20H22N6O2S/c1-25(2)13-12-21-20(29)23-22-18(27)17-15-10-6-7-11-16(15)19(28)26(24-17)14-8-4-3-5-9-14/h3-11H,12-13H2,1-2H3,(H,22,27)(H2,21,23,29)/p+1. The van der Waals surface area contributed by atoms with E-state index in [9.17, 15) is 9.59 Å². The Labute approximate surface area is 173 Å². The van der Waals surface area contributed by atoms with Crippen LogP contribution in [0.1, 0.15) is 10.5 Å². The first-order chi connectivity index (χ1) is 14.0. The van der Waals surface area contributed by atoms with Crippen LogP contribution in [0.4, 0.5) is 0 Å². The summed E-state index contributed by atoms with van der Waals surface area (Å²) in [5, 5.41) is 8.52. The van der Waals surface area contributed by atoms with Gasteiger partial charge in [-0.1, -0.05) is 36.4 Å². The van der Waals surface area contributed by atoms with Crippen molar-refractivity contribution in [3.8, 4) is 5.69 Å². The smallest absolute Gasteiger partial charge is 0.290 e. The maximum atomic E-state index is 12.9. The molecular weight excluding hydrogens is 388 g/mol. The molecule has 0 radical (unpaired) electrons. The third-order valence-electron chi connectivity index (χ3n) is 4.22. The van der Waals surface area contributed by atoms with Gasteiger partial charge in [0.1, 0.15) is 0 Å². The van der Waals surface area contributed by atoms with Crippen LogP contribution in [0.2, 0.25) is 0 Å². The Morgan fingerprint density at radius 2 is 1.69 bits per heavy atom. The molecule has 0 aliphatic heterocycles. The number of likely N-dealkylation sites (N-methyl/N-ethyl adjacent to an activating group) is 1. The fraction of sp³-hybridized carbons (Fsp3) is 0.200. The number of benzene rings is 2. The van der Waals surface area contributed by atoms with Gasteiger partial charge in [-0.25, -0.2) is 0 Å². The number of hydrazine groups is 1. The summed E-state index contributed by atoms with van der Waals surface area (Å²) in [7, 11) is 4.08. The van der Waals surface area contributed by atoms with E-state index < -0.39 is 5.91 Å². The molecule has 0 spiro atoms. The molecule has 29 heavy (non-hydrogen) atoms. The van der Waals surface area contributed by atoms with Gasteiger partial charge in [-0.15, -0.1) is 0 Å². The van der Waals surface area contributed by atoms with Crippen LogP contribution in [0.15, 0.2) is 59.4 Å². The molecule has 150 valence electrons. The highest BCUT2D eigenvalue weighted by molar-refractivity contribution is 7.80. The Hall–Kier alpha value is -3.30. The number of rotatable bonds is 5. The average Bonchev–Trinajstić information content (AvgIpc) is 2.73. The molecule has 0 saturated carbocycles. The minimum atomic E-state index is -0.492. The molecule has 0 bridgehead atoms. The van der Waals surface area contributed by atoms with Crippen molar-refractivity contribution in [2.24, 2.45) is 0 Å². The molecule has 0 unspecified atom stereocenters. The molecule has 1 aromatic heterocycles. The summed E-state index contributed by atoms with van der Waals surface area (Å²) >= 11 is 5.17. The second kappa shape index (κ2) is 9.26. The van der Waals surface area contributed by atoms with Crippen LogP contribution in [0, 0.1) is 0 Å². The van der Waals surface area contributed by atoms with Crippen LogP contribution in [0.3, 0.4) is 0 Å². The molecule has 4 N–H and O–H groups in total. The number of carbonyl (C=O) groups excluding carboxylic acids is 1. The molecule has 0 fully saturated rings. The molecule has 3 rings (SSSR count). The van der Waals surface area contributed by atoms with Gasteiger partial charge in [0.25, 0.3) is 11.5 Å². The molecule has 1 amide bonds. The zero-order chi connectivity index (χ0) is 20.8. The molecular formula is C20H23N6O2S+. The first-order valence-corrected chi connectivity index (χ1v) is 9.59. The number of nitrogens with one attached hydrogen (secondary N) is 4. The van der Waals surface area contributed by atoms with Gasteiger partial charge in [0.2, 0.25) is 0 Å². The molecule has 0 aliphatic rings. The highest BCUT2D eigenvalue weighted by Gasteiger charge is 2.17. The number of hydrogen-bond acceptors (Lipinski definition) is 4. The summed E-state index contributed by atoms with van der Waals surface area (Å²) in [6.07, 6.45) is 0. The van der Waals surface area contributed by atoms with Crippen LogP contribution in [-0.4, -0.2) is 48.0 Å². The van der Waals surface area contributed by atoms with E-state index in [1.807, 2.05) is 20.2 Å². The predicted molar refractivity (Wildman–Crippen MR) is 116 cm³/mol.